The monoisotopic (exact) mass is 368 g/mol. The number of carboxylic acids is 1. The molecule has 2 rings (SSSR count). The number of rotatable bonds is 4. The van der Waals surface area contributed by atoms with E-state index in [2.05, 4.69) is 21.2 Å². The number of amides is 1. The van der Waals surface area contributed by atoms with Crippen molar-refractivity contribution in [2.45, 2.75) is 0 Å². The van der Waals surface area contributed by atoms with Crippen LogP contribution in [0, 0.1) is 0 Å². The maximum atomic E-state index is 11.1. The van der Waals surface area contributed by atoms with Crippen molar-refractivity contribution in [2.24, 2.45) is 5.73 Å². The summed E-state index contributed by atoms with van der Waals surface area (Å²) in [4.78, 5) is 22.1. The van der Waals surface area contributed by atoms with Gasteiger partial charge in [0.15, 0.2) is 0 Å². The average Bonchev–Trinajstić information content (AvgIpc) is 2.42. The first-order valence-electron chi connectivity index (χ1n) is 5.77. The van der Waals surface area contributed by atoms with Crippen LogP contribution in [0.3, 0.4) is 0 Å². The van der Waals surface area contributed by atoms with Gasteiger partial charge in [0.25, 0.3) is 0 Å². The third-order valence-electron chi connectivity index (χ3n) is 2.73. The highest BCUT2D eigenvalue weighted by atomic mass is 79.9. The fourth-order valence-corrected chi connectivity index (χ4v) is 2.34. The van der Waals surface area contributed by atoms with E-state index in [9.17, 15) is 9.59 Å². The van der Waals surface area contributed by atoms with E-state index in [1.807, 2.05) is 0 Å². The van der Waals surface area contributed by atoms with Crippen LogP contribution in [0.1, 0.15) is 20.7 Å². The van der Waals surface area contributed by atoms with Gasteiger partial charge in [-0.25, -0.2) is 4.79 Å². The van der Waals surface area contributed by atoms with Gasteiger partial charge in [-0.2, -0.15) is 0 Å². The molecule has 2 aromatic carbocycles. The Morgan fingerprint density at radius 1 is 1.19 bits per heavy atom. The first kappa shape index (κ1) is 15.3. The minimum atomic E-state index is -1.04. The number of carbonyl (C=O) groups excluding carboxylic acids is 1. The number of nitrogens with two attached hydrogens (primary N) is 1. The lowest BCUT2D eigenvalue weighted by Crippen LogP contribution is -2.10. The molecule has 0 aliphatic heterocycles. The highest BCUT2D eigenvalue weighted by Crippen LogP contribution is 2.28. The van der Waals surface area contributed by atoms with Gasteiger partial charge in [-0.1, -0.05) is 11.6 Å². The van der Waals surface area contributed by atoms with Crippen LogP contribution >= 0.6 is 27.5 Å². The summed E-state index contributed by atoms with van der Waals surface area (Å²) in [5.74, 6) is -1.61. The van der Waals surface area contributed by atoms with Crippen molar-refractivity contribution in [3.8, 4) is 0 Å². The lowest BCUT2D eigenvalue weighted by atomic mass is 10.1. The van der Waals surface area contributed by atoms with Crippen LogP contribution in [0.4, 0.5) is 11.4 Å². The summed E-state index contributed by atoms with van der Waals surface area (Å²) in [7, 11) is 0. The second kappa shape index (κ2) is 6.15. The molecule has 5 nitrogen and oxygen atoms in total. The molecule has 0 bridgehead atoms. The van der Waals surface area contributed by atoms with Crippen LogP contribution in [0.25, 0.3) is 0 Å². The quantitative estimate of drug-likeness (QED) is 0.767. The molecule has 0 heterocycles. The van der Waals surface area contributed by atoms with Gasteiger partial charge < -0.3 is 16.2 Å². The molecule has 0 saturated heterocycles. The maximum Gasteiger partial charge on any atom is 0.336 e. The molecule has 0 saturated carbocycles. The van der Waals surface area contributed by atoms with Gasteiger partial charge in [0.1, 0.15) is 0 Å². The molecule has 0 aliphatic carbocycles. The number of carboxylic acid groups (broad SMARTS) is 1. The zero-order valence-corrected chi connectivity index (χ0v) is 12.9. The van der Waals surface area contributed by atoms with Crippen molar-refractivity contribution in [3.05, 3.63) is 57.0 Å². The number of aromatic carboxylic acids is 1. The second-order valence-electron chi connectivity index (χ2n) is 4.18. The minimum Gasteiger partial charge on any atom is -0.478 e. The van der Waals surface area contributed by atoms with E-state index in [4.69, 9.17) is 22.4 Å². The van der Waals surface area contributed by atoms with Crippen molar-refractivity contribution in [2.75, 3.05) is 5.32 Å². The molecule has 0 atom stereocenters. The SMILES string of the molecule is NC(=O)c1ccc(Nc2ccc(Br)c(C(=O)O)c2)c(Cl)c1. The van der Waals surface area contributed by atoms with Crippen LogP contribution in [0.2, 0.25) is 5.02 Å². The minimum absolute atomic E-state index is 0.130. The zero-order valence-electron chi connectivity index (χ0n) is 10.6. The Bertz CT molecular complexity index is 734. The van der Waals surface area contributed by atoms with Gasteiger partial charge in [0, 0.05) is 15.7 Å². The summed E-state index contributed by atoms with van der Waals surface area (Å²) in [6.45, 7) is 0. The summed E-state index contributed by atoms with van der Waals surface area (Å²) < 4.78 is 0.482. The number of primary amides is 1. The number of carbonyl (C=O) groups is 2. The molecule has 0 unspecified atom stereocenters. The van der Waals surface area contributed by atoms with Gasteiger partial charge in [0.2, 0.25) is 5.91 Å². The van der Waals surface area contributed by atoms with Crippen molar-refractivity contribution in [3.63, 3.8) is 0 Å². The molecule has 108 valence electrons. The number of benzene rings is 2. The summed E-state index contributed by atoms with van der Waals surface area (Å²) in [5, 5.41) is 12.4. The number of halogens is 2. The van der Waals surface area contributed by atoms with Crippen molar-refractivity contribution < 1.29 is 14.7 Å². The fourth-order valence-electron chi connectivity index (χ4n) is 1.69. The van der Waals surface area contributed by atoms with E-state index in [-0.39, 0.29) is 5.56 Å². The molecule has 0 spiro atoms. The van der Waals surface area contributed by atoms with E-state index < -0.39 is 11.9 Å². The summed E-state index contributed by atoms with van der Waals surface area (Å²) in [5.41, 5.74) is 6.70. The molecule has 7 heteroatoms. The van der Waals surface area contributed by atoms with E-state index >= 15 is 0 Å². The standard InChI is InChI=1S/C14H10BrClN2O3/c15-10-3-2-8(6-9(10)14(20)21)18-12-4-1-7(13(17)19)5-11(12)16/h1-6,18H,(H2,17,19)(H,20,21). The molecule has 1 amide bonds. The first-order valence-corrected chi connectivity index (χ1v) is 6.95. The van der Waals surface area contributed by atoms with Gasteiger partial charge in [0.05, 0.1) is 16.3 Å². The Morgan fingerprint density at radius 3 is 2.48 bits per heavy atom. The lowest BCUT2D eigenvalue weighted by Gasteiger charge is -2.10. The highest BCUT2D eigenvalue weighted by molar-refractivity contribution is 9.10. The van der Waals surface area contributed by atoms with Crippen LogP contribution in [-0.2, 0) is 0 Å². The highest BCUT2D eigenvalue weighted by Gasteiger charge is 2.10. The van der Waals surface area contributed by atoms with Gasteiger partial charge in [-0.3, -0.25) is 4.79 Å². The topological polar surface area (TPSA) is 92.4 Å². The lowest BCUT2D eigenvalue weighted by molar-refractivity contribution is 0.0695. The smallest absolute Gasteiger partial charge is 0.336 e. The van der Waals surface area contributed by atoms with Crippen LogP contribution in [0.5, 0.6) is 0 Å². The molecular weight excluding hydrogens is 360 g/mol. The van der Waals surface area contributed by atoms with Gasteiger partial charge >= 0.3 is 5.97 Å². The molecule has 21 heavy (non-hydrogen) atoms. The number of hydrogen-bond donors (Lipinski definition) is 3. The Kier molecular flexibility index (Phi) is 4.50. The van der Waals surface area contributed by atoms with Crippen molar-refractivity contribution >= 4 is 50.8 Å². The van der Waals surface area contributed by atoms with E-state index in [0.717, 1.165) is 0 Å². The third kappa shape index (κ3) is 3.53. The van der Waals surface area contributed by atoms with E-state index in [1.54, 1.807) is 18.2 Å². The van der Waals surface area contributed by atoms with Crippen LogP contribution in [-0.4, -0.2) is 17.0 Å². The largest absolute Gasteiger partial charge is 0.478 e. The molecule has 0 aliphatic rings. The second-order valence-corrected chi connectivity index (χ2v) is 5.45. The van der Waals surface area contributed by atoms with Gasteiger partial charge in [-0.05, 0) is 52.3 Å². The predicted molar refractivity (Wildman–Crippen MR) is 84.4 cm³/mol. The molecule has 2 aromatic rings. The molecule has 0 aromatic heterocycles. The third-order valence-corrected chi connectivity index (χ3v) is 3.73. The Balaban J connectivity index is 2.32. The first-order chi connectivity index (χ1) is 9.88. The molecule has 4 N–H and O–H groups in total. The van der Waals surface area contributed by atoms with Crippen molar-refractivity contribution in [1.82, 2.24) is 0 Å². The van der Waals surface area contributed by atoms with E-state index in [0.29, 0.717) is 26.4 Å². The zero-order chi connectivity index (χ0) is 15.6. The Morgan fingerprint density at radius 2 is 1.90 bits per heavy atom. The summed E-state index contributed by atoms with van der Waals surface area (Å²) >= 11 is 9.23. The number of hydrogen-bond acceptors (Lipinski definition) is 3. The average molecular weight is 370 g/mol. The predicted octanol–water partition coefficient (Wildman–Crippen LogP) is 3.64. The normalized spacial score (nSPS) is 10.2. The fraction of sp³-hybridized carbons (Fsp3) is 0. The van der Waals surface area contributed by atoms with Gasteiger partial charge in [-0.15, -0.1) is 0 Å². The molecule has 0 radical (unpaired) electrons. The van der Waals surface area contributed by atoms with E-state index in [1.165, 1.54) is 18.2 Å². The molecular formula is C14H10BrClN2O3. The Hall–Kier alpha value is -2.05. The summed E-state index contributed by atoms with van der Waals surface area (Å²) in [6.07, 6.45) is 0. The molecule has 0 fully saturated rings. The summed E-state index contributed by atoms with van der Waals surface area (Å²) in [6, 6.07) is 9.39. The Labute approximate surface area is 133 Å². The van der Waals surface area contributed by atoms with Crippen LogP contribution < -0.4 is 11.1 Å². The number of nitrogens with one attached hydrogen (secondary N) is 1. The van der Waals surface area contributed by atoms with Crippen molar-refractivity contribution in [1.29, 1.82) is 0 Å². The number of anilines is 2. The maximum absolute atomic E-state index is 11.1. The van der Waals surface area contributed by atoms with Crippen LogP contribution in [0.15, 0.2) is 40.9 Å².